The molecule has 1 aromatic heterocycles. The van der Waals surface area contributed by atoms with E-state index >= 15 is 0 Å². The number of nitrogens with two attached hydrogens (primary N) is 1. The van der Waals surface area contributed by atoms with E-state index in [1.54, 1.807) is 6.92 Å². The number of aliphatic hydroxyl groups is 1. The Morgan fingerprint density at radius 2 is 2.16 bits per heavy atom. The van der Waals surface area contributed by atoms with E-state index in [9.17, 15) is 9.90 Å². The smallest absolute Gasteiger partial charge is 0.171 e. The molecule has 4 nitrogen and oxygen atoms in total. The summed E-state index contributed by atoms with van der Waals surface area (Å²) in [5.74, 6) is 0.576. The zero-order valence-corrected chi connectivity index (χ0v) is 12.0. The Morgan fingerprint density at radius 1 is 1.42 bits per heavy atom. The minimum absolute atomic E-state index is 0.0493. The number of Topliss-reactive ketones (excluding diaryl/α,β-unsaturated/α-hetero) is 1. The summed E-state index contributed by atoms with van der Waals surface area (Å²) < 4.78 is 0. The molecule has 5 heteroatoms. The van der Waals surface area contributed by atoms with Crippen LogP contribution in [0.5, 0.6) is 0 Å². The highest BCUT2D eigenvalue weighted by atomic mass is 32.1. The molecule has 1 unspecified atom stereocenters. The molecule has 0 amide bonds. The second kappa shape index (κ2) is 4.80. The number of hydrogen-bond acceptors (Lipinski definition) is 5. The molecular weight excluding hydrogens is 260 g/mol. The number of nitrogen functional groups attached to an aromatic ring is 1. The summed E-state index contributed by atoms with van der Waals surface area (Å²) >= 11 is 1.51. The van der Waals surface area contributed by atoms with Crippen LogP contribution in [0, 0.1) is 0 Å². The lowest BCUT2D eigenvalue weighted by Gasteiger charge is -2.31. The van der Waals surface area contributed by atoms with Crippen molar-refractivity contribution >= 4 is 27.8 Å². The van der Waals surface area contributed by atoms with E-state index in [0.29, 0.717) is 23.0 Å². The van der Waals surface area contributed by atoms with Crippen LogP contribution >= 0.6 is 11.3 Å². The number of aliphatic hydroxyl groups excluding tert-OH is 1. The van der Waals surface area contributed by atoms with Gasteiger partial charge < -0.3 is 15.7 Å². The van der Waals surface area contributed by atoms with Gasteiger partial charge in [-0.25, -0.2) is 0 Å². The van der Waals surface area contributed by atoms with Crippen molar-refractivity contribution in [3.8, 4) is 0 Å². The van der Waals surface area contributed by atoms with E-state index < -0.39 is 0 Å². The van der Waals surface area contributed by atoms with E-state index in [1.807, 2.05) is 0 Å². The summed E-state index contributed by atoms with van der Waals surface area (Å²) in [6.45, 7) is 3.19. The molecule has 1 saturated heterocycles. The SMILES string of the molecule is CC(=O)c1sc(N2CCCC(O)C2)c(C2CC2)c1N. The van der Waals surface area contributed by atoms with Gasteiger partial charge in [-0.15, -0.1) is 11.3 Å². The van der Waals surface area contributed by atoms with E-state index in [-0.39, 0.29) is 11.9 Å². The van der Waals surface area contributed by atoms with Gasteiger partial charge in [0.25, 0.3) is 0 Å². The van der Waals surface area contributed by atoms with Crippen LogP contribution in [0.2, 0.25) is 0 Å². The van der Waals surface area contributed by atoms with Gasteiger partial charge in [-0.1, -0.05) is 0 Å². The van der Waals surface area contributed by atoms with Crippen LogP contribution < -0.4 is 10.6 Å². The first-order chi connectivity index (χ1) is 9.08. The Labute approximate surface area is 117 Å². The average molecular weight is 280 g/mol. The highest BCUT2D eigenvalue weighted by Gasteiger charge is 2.34. The Balaban J connectivity index is 1.99. The van der Waals surface area contributed by atoms with E-state index in [1.165, 1.54) is 29.7 Å². The zero-order chi connectivity index (χ0) is 13.6. The number of nitrogens with zero attached hydrogens (tertiary/aromatic N) is 1. The van der Waals surface area contributed by atoms with Crippen LogP contribution in [0.25, 0.3) is 0 Å². The summed E-state index contributed by atoms with van der Waals surface area (Å²) in [5.41, 5.74) is 8.05. The lowest BCUT2D eigenvalue weighted by molar-refractivity contribution is 0.102. The summed E-state index contributed by atoms with van der Waals surface area (Å²) in [6.07, 6.45) is 3.95. The number of β-amino-alcohol motifs (C(OH)–C–C–N with tert-alkyl or cyclic N) is 1. The first kappa shape index (κ1) is 12.9. The predicted octanol–water partition coefficient (Wildman–Crippen LogP) is 2.37. The first-order valence-corrected chi connectivity index (χ1v) is 7.75. The van der Waals surface area contributed by atoms with Crippen molar-refractivity contribution in [1.29, 1.82) is 0 Å². The summed E-state index contributed by atoms with van der Waals surface area (Å²) in [4.78, 5) is 14.6. The fourth-order valence-electron chi connectivity index (χ4n) is 2.85. The molecule has 104 valence electrons. The Kier molecular flexibility index (Phi) is 3.27. The molecule has 1 aliphatic carbocycles. The van der Waals surface area contributed by atoms with Crippen molar-refractivity contribution < 1.29 is 9.90 Å². The summed E-state index contributed by atoms with van der Waals surface area (Å²) in [6, 6.07) is 0. The second-order valence-corrected chi connectivity index (χ2v) is 6.64. The van der Waals surface area contributed by atoms with Crippen LogP contribution in [-0.4, -0.2) is 30.1 Å². The Morgan fingerprint density at radius 3 is 2.74 bits per heavy atom. The van der Waals surface area contributed by atoms with Gasteiger partial charge in [0.1, 0.15) is 0 Å². The molecule has 19 heavy (non-hydrogen) atoms. The third-order valence-corrected chi connectivity index (χ3v) is 5.34. The fraction of sp³-hybridized carbons (Fsp3) is 0.643. The largest absolute Gasteiger partial charge is 0.397 e. The van der Waals surface area contributed by atoms with Crippen LogP contribution in [0.4, 0.5) is 10.7 Å². The number of hydrogen-bond donors (Lipinski definition) is 2. The van der Waals surface area contributed by atoms with Gasteiger partial charge in [-0.2, -0.15) is 0 Å². The lowest BCUT2D eigenvalue weighted by Crippen LogP contribution is -2.38. The normalized spacial score (nSPS) is 23.7. The van der Waals surface area contributed by atoms with E-state index in [0.717, 1.165) is 24.4 Å². The van der Waals surface area contributed by atoms with Crippen molar-refractivity contribution in [3.63, 3.8) is 0 Å². The van der Waals surface area contributed by atoms with Crippen molar-refractivity contribution in [2.45, 2.75) is 44.6 Å². The minimum Gasteiger partial charge on any atom is -0.397 e. The third-order valence-electron chi connectivity index (χ3n) is 3.95. The number of carbonyl (C=O) groups excluding carboxylic acids is 1. The number of piperidine rings is 1. The molecule has 2 heterocycles. The second-order valence-electron chi connectivity index (χ2n) is 5.64. The van der Waals surface area contributed by atoms with Gasteiger partial charge in [-0.3, -0.25) is 4.79 Å². The molecule has 3 rings (SSSR count). The number of carbonyl (C=O) groups is 1. The molecule has 1 aliphatic heterocycles. The first-order valence-electron chi connectivity index (χ1n) is 6.94. The summed E-state index contributed by atoms with van der Waals surface area (Å²) in [7, 11) is 0. The Hall–Kier alpha value is -1.07. The van der Waals surface area contributed by atoms with Crippen molar-refractivity contribution in [1.82, 2.24) is 0 Å². The maximum atomic E-state index is 11.7. The van der Waals surface area contributed by atoms with Gasteiger partial charge >= 0.3 is 0 Å². The monoisotopic (exact) mass is 280 g/mol. The molecule has 2 aliphatic rings. The molecule has 1 saturated carbocycles. The highest BCUT2D eigenvalue weighted by Crippen LogP contribution is 2.52. The number of ketones is 1. The number of rotatable bonds is 3. The maximum Gasteiger partial charge on any atom is 0.171 e. The van der Waals surface area contributed by atoms with Crippen LogP contribution in [-0.2, 0) is 0 Å². The van der Waals surface area contributed by atoms with Crippen molar-refractivity contribution in [3.05, 3.63) is 10.4 Å². The minimum atomic E-state index is -0.259. The van der Waals surface area contributed by atoms with Gasteiger partial charge in [0.05, 0.1) is 21.7 Å². The molecule has 0 spiro atoms. The van der Waals surface area contributed by atoms with Gasteiger partial charge in [0.2, 0.25) is 0 Å². The molecule has 0 radical (unpaired) electrons. The molecular formula is C14H20N2O2S. The molecule has 3 N–H and O–H groups in total. The van der Waals surface area contributed by atoms with Gasteiger partial charge in [0.15, 0.2) is 5.78 Å². The van der Waals surface area contributed by atoms with Gasteiger partial charge in [0, 0.05) is 25.6 Å². The van der Waals surface area contributed by atoms with Crippen LogP contribution in [0.15, 0.2) is 0 Å². The molecule has 0 bridgehead atoms. The van der Waals surface area contributed by atoms with Crippen LogP contribution in [0.1, 0.15) is 53.8 Å². The Bertz CT molecular complexity index is 508. The van der Waals surface area contributed by atoms with Gasteiger partial charge in [-0.05, 0) is 31.6 Å². The predicted molar refractivity (Wildman–Crippen MR) is 78.2 cm³/mol. The average Bonchev–Trinajstić information content (AvgIpc) is 3.12. The molecule has 1 atom stereocenters. The standard InChI is InChI=1S/C14H20N2O2S/c1-8(17)13-12(15)11(9-4-5-9)14(19-13)16-6-2-3-10(18)7-16/h9-10,18H,2-7,15H2,1H3. The van der Waals surface area contributed by atoms with E-state index in [2.05, 4.69) is 4.90 Å². The highest BCUT2D eigenvalue weighted by molar-refractivity contribution is 7.18. The number of anilines is 2. The maximum absolute atomic E-state index is 11.7. The van der Waals surface area contributed by atoms with E-state index in [4.69, 9.17) is 5.73 Å². The molecule has 1 aromatic rings. The summed E-state index contributed by atoms with van der Waals surface area (Å²) in [5, 5.41) is 11.0. The van der Waals surface area contributed by atoms with Crippen LogP contribution in [0.3, 0.4) is 0 Å². The quantitative estimate of drug-likeness (QED) is 0.834. The fourth-order valence-corrected chi connectivity index (χ4v) is 4.08. The van der Waals surface area contributed by atoms with Crippen molar-refractivity contribution in [2.75, 3.05) is 23.7 Å². The zero-order valence-electron chi connectivity index (χ0n) is 11.2. The third kappa shape index (κ3) is 2.37. The van der Waals surface area contributed by atoms with Crippen molar-refractivity contribution in [2.24, 2.45) is 0 Å². The number of thiophene rings is 1. The molecule has 0 aromatic carbocycles. The topological polar surface area (TPSA) is 66.6 Å². The molecule has 2 fully saturated rings. The lowest BCUT2D eigenvalue weighted by atomic mass is 10.1.